The lowest BCUT2D eigenvalue weighted by molar-refractivity contribution is 0.0697. The minimum absolute atomic E-state index is 0.298. The van der Waals surface area contributed by atoms with Crippen molar-refractivity contribution in [2.45, 2.75) is 33.2 Å². The number of aryl methyl sites for hydroxylation is 2. The minimum atomic E-state index is -0.912. The Morgan fingerprint density at radius 1 is 1.38 bits per heavy atom. The molecule has 5 nitrogen and oxygen atoms in total. The Labute approximate surface area is 124 Å². The molecule has 1 aromatic carbocycles. The molecule has 0 unspecified atom stereocenters. The van der Waals surface area contributed by atoms with E-state index < -0.39 is 5.97 Å². The molecule has 112 valence electrons. The predicted octanol–water partition coefficient (Wildman–Crippen LogP) is 3.16. The van der Waals surface area contributed by atoms with Gasteiger partial charge in [-0.05, 0) is 42.2 Å². The Bertz CT molecular complexity index is 660. The maximum absolute atomic E-state index is 11.1. The molecule has 2 N–H and O–H groups in total. The maximum atomic E-state index is 11.1. The van der Waals surface area contributed by atoms with E-state index in [1.54, 1.807) is 12.1 Å². The Morgan fingerprint density at radius 3 is 2.71 bits per heavy atom. The molecule has 1 heterocycles. The molecule has 0 radical (unpaired) electrons. The number of carboxylic acid groups (broad SMARTS) is 1. The first-order chi connectivity index (χ1) is 9.88. The van der Waals surface area contributed by atoms with Crippen LogP contribution >= 0.6 is 0 Å². The Morgan fingerprint density at radius 2 is 2.10 bits per heavy atom. The number of carboxylic acids is 1. The zero-order valence-electron chi connectivity index (χ0n) is 12.8. The highest BCUT2D eigenvalue weighted by molar-refractivity contribution is 5.89. The summed E-state index contributed by atoms with van der Waals surface area (Å²) < 4.78 is 1.86. The Kier molecular flexibility index (Phi) is 4.31. The smallest absolute Gasteiger partial charge is 0.335 e. The molecular weight excluding hydrogens is 266 g/mol. The minimum Gasteiger partial charge on any atom is -0.478 e. The van der Waals surface area contributed by atoms with Crippen LogP contribution < -0.4 is 5.32 Å². The van der Waals surface area contributed by atoms with Crippen LogP contribution in [0.4, 0.5) is 5.69 Å². The van der Waals surface area contributed by atoms with E-state index in [1.807, 2.05) is 30.9 Å². The van der Waals surface area contributed by atoms with E-state index in [4.69, 9.17) is 5.11 Å². The molecule has 0 aliphatic carbocycles. The quantitative estimate of drug-likeness (QED) is 0.886. The van der Waals surface area contributed by atoms with Crippen molar-refractivity contribution in [3.8, 4) is 0 Å². The van der Waals surface area contributed by atoms with Crippen molar-refractivity contribution >= 4 is 11.7 Å². The molecule has 0 aliphatic rings. The molecular formula is C16H21N3O2. The molecule has 0 fully saturated rings. The lowest BCUT2D eigenvalue weighted by atomic mass is 10.0. The molecule has 2 rings (SSSR count). The number of aromatic carboxylic acids is 1. The first-order valence-corrected chi connectivity index (χ1v) is 6.98. The highest BCUT2D eigenvalue weighted by Crippen LogP contribution is 2.21. The summed E-state index contributed by atoms with van der Waals surface area (Å²) in [7, 11) is 1.92. The van der Waals surface area contributed by atoms with Gasteiger partial charge in [-0.3, -0.25) is 4.68 Å². The molecule has 2 aromatic rings. The van der Waals surface area contributed by atoms with Crippen molar-refractivity contribution in [2.75, 3.05) is 5.32 Å². The normalized spacial score (nSPS) is 10.9. The number of anilines is 1. The van der Waals surface area contributed by atoms with Crippen molar-refractivity contribution in [3.05, 3.63) is 46.8 Å². The summed E-state index contributed by atoms with van der Waals surface area (Å²) >= 11 is 0. The third-order valence-electron chi connectivity index (χ3n) is 3.50. The lowest BCUT2D eigenvalue weighted by Gasteiger charge is -2.12. The molecule has 0 aliphatic heterocycles. The van der Waals surface area contributed by atoms with Crippen molar-refractivity contribution < 1.29 is 9.90 Å². The molecule has 0 amide bonds. The van der Waals surface area contributed by atoms with Crippen LogP contribution in [-0.4, -0.2) is 20.9 Å². The van der Waals surface area contributed by atoms with Gasteiger partial charge in [-0.1, -0.05) is 13.8 Å². The highest BCUT2D eigenvalue weighted by Gasteiger charge is 2.12. The van der Waals surface area contributed by atoms with Gasteiger partial charge in [-0.15, -0.1) is 0 Å². The largest absolute Gasteiger partial charge is 0.478 e. The van der Waals surface area contributed by atoms with Gasteiger partial charge < -0.3 is 10.4 Å². The number of hydrogen-bond donors (Lipinski definition) is 2. The first kappa shape index (κ1) is 15.1. The van der Waals surface area contributed by atoms with Gasteiger partial charge in [-0.25, -0.2) is 4.79 Å². The average molecular weight is 287 g/mol. The SMILES string of the molecule is Cc1cc(NCc2c(C(C)C)cnn2C)cc(C(=O)O)c1. The van der Waals surface area contributed by atoms with Crippen molar-refractivity contribution in [3.63, 3.8) is 0 Å². The molecule has 0 saturated heterocycles. The maximum Gasteiger partial charge on any atom is 0.335 e. The second-order valence-electron chi connectivity index (χ2n) is 5.57. The van der Waals surface area contributed by atoms with Gasteiger partial charge in [0, 0.05) is 12.7 Å². The number of aromatic nitrogens is 2. The standard InChI is InChI=1S/C16H21N3O2/c1-10(2)14-8-18-19(4)15(14)9-17-13-6-11(3)5-12(7-13)16(20)21/h5-8,10,17H,9H2,1-4H3,(H,20,21). The van der Waals surface area contributed by atoms with E-state index >= 15 is 0 Å². The molecule has 1 aromatic heterocycles. The number of carbonyl (C=O) groups is 1. The van der Waals surface area contributed by atoms with Gasteiger partial charge in [-0.2, -0.15) is 5.10 Å². The summed E-state index contributed by atoms with van der Waals surface area (Å²) in [6.07, 6.45) is 1.89. The van der Waals surface area contributed by atoms with E-state index in [2.05, 4.69) is 24.3 Å². The second kappa shape index (κ2) is 5.99. The molecule has 0 spiro atoms. The van der Waals surface area contributed by atoms with E-state index in [1.165, 1.54) is 5.56 Å². The van der Waals surface area contributed by atoms with Crippen LogP contribution in [0.15, 0.2) is 24.4 Å². The van der Waals surface area contributed by atoms with E-state index in [0.29, 0.717) is 18.0 Å². The fraction of sp³-hybridized carbons (Fsp3) is 0.375. The summed E-state index contributed by atoms with van der Waals surface area (Å²) in [5, 5.41) is 16.7. The molecule has 0 atom stereocenters. The summed E-state index contributed by atoms with van der Waals surface area (Å²) in [4.78, 5) is 11.1. The number of rotatable bonds is 5. The molecule has 0 bridgehead atoms. The Balaban J connectivity index is 2.21. The monoisotopic (exact) mass is 287 g/mol. The van der Waals surface area contributed by atoms with Gasteiger partial charge in [0.05, 0.1) is 24.0 Å². The first-order valence-electron chi connectivity index (χ1n) is 6.98. The highest BCUT2D eigenvalue weighted by atomic mass is 16.4. The topological polar surface area (TPSA) is 67.2 Å². The predicted molar refractivity (Wildman–Crippen MR) is 82.8 cm³/mol. The van der Waals surface area contributed by atoms with E-state index in [-0.39, 0.29) is 0 Å². The zero-order chi connectivity index (χ0) is 15.6. The summed E-state index contributed by atoms with van der Waals surface area (Å²) in [5.41, 5.74) is 4.35. The number of hydrogen-bond acceptors (Lipinski definition) is 3. The van der Waals surface area contributed by atoms with Crippen LogP contribution in [0.5, 0.6) is 0 Å². The third kappa shape index (κ3) is 3.42. The number of nitrogens with zero attached hydrogens (tertiary/aromatic N) is 2. The van der Waals surface area contributed by atoms with E-state index in [0.717, 1.165) is 16.9 Å². The summed E-state index contributed by atoms with van der Waals surface area (Å²) in [6, 6.07) is 5.26. The van der Waals surface area contributed by atoms with Crippen LogP contribution in [-0.2, 0) is 13.6 Å². The van der Waals surface area contributed by atoms with Crippen molar-refractivity contribution in [1.82, 2.24) is 9.78 Å². The van der Waals surface area contributed by atoms with Gasteiger partial charge >= 0.3 is 5.97 Å². The Hall–Kier alpha value is -2.30. The van der Waals surface area contributed by atoms with Crippen molar-refractivity contribution in [2.24, 2.45) is 7.05 Å². The molecule has 0 saturated carbocycles. The second-order valence-corrected chi connectivity index (χ2v) is 5.57. The van der Waals surface area contributed by atoms with Gasteiger partial charge in [0.2, 0.25) is 0 Å². The summed E-state index contributed by atoms with van der Waals surface area (Å²) in [5.74, 6) is -0.507. The molecule has 21 heavy (non-hydrogen) atoms. The van der Waals surface area contributed by atoms with Gasteiger partial charge in [0.15, 0.2) is 0 Å². The van der Waals surface area contributed by atoms with Crippen LogP contribution in [0.1, 0.15) is 46.9 Å². The number of benzene rings is 1. The van der Waals surface area contributed by atoms with Gasteiger partial charge in [0.1, 0.15) is 0 Å². The fourth-order valence-electron chi connectivity index (χ4n) is 2.37. The zero-order valence-corrected chi connectivity index (χ0v) is 12.8. The lowest BCUT2D eigenvalue weighted by Crippen LogP contribution is -2.09. The fourth-order valence-corrected chi connectivity index (χ4v) is 2.37. The van der Waals surface area contributed by atoms with Crippen LogP contribution in [0.25, 0.3) is 0 Å². The molecule has 5 heteroatoms. The van der Waals surface area contributed by atoms with Crippen molar-refractivity contribution in [1.29, 1.82) is 0 Å². The number of nitrogens with one attached hydrogen (secondary N) is 1. The third-order valence-corrected chi connectivity index (χ3v) is 3.50. The summed E-state index contributed by atoms with van der Waals surface area (Å²) in [6.45, 7) is 6.78. The van der Waals surface area contributed by atoms with Crippen LogP contribution in [0, 0.1) is 6.92 Å². The average Bonchev–Trinajstić information content (AvgIpc) is 2.77. The van der Waals surface area contributed by atoms with Crippen LogP contribution in [0.2, 0.25) is 0 Å². The van der Waals surface area contributed by atoms with Crippen LogP contribution in [0.3, 0.4) is 0 Å². The van der Waals surface area contributed by atoms with E-state index in [9.17, 15) is 4.79 Å². The van der Waals surface area contributed by atoms with Gasteiger partial charge in [0.25, 0.3) is 0 Å².